The summed E-state index contributed by atoms with van der Waals surface area (Å²) in [6, 6.07) is 10.6. The second-order valence-corrected chi connectivity index (χ2v) is 6.24. The Labute approximate surface area is 149 Å². The molecule has 25 heavy (non-hydrogen) atoms. The number of anilines is 2. The molecule has 0 aromatic heterocycles. The first-order chi connectivity index (χ1) is 12.0. The maximum absolute atomic E-state index is 13.0. The van der Waals surface area contributed by atoms with Gasteiger partial charge in [-0.3, -0.25) is 4.79 Å². The van der Waals surface area contributed by atoms with Gasteiger partial charge in [-0.15, -0.1) is 0 Å². The fourth-order valence-electron chi connectivity index (χ4n) is 2.59. The third kappa shape index (κ3) is 3.69. The van der Waals surface area contributed by atoms with E-state index in [0.717, 1.165) is 16.8 Å². The number of rotatable bonds is 7. The van der Waals surface area contributed by atoms with Crippen LogP contribution in [0.15, 0.2) is 36.4 Å². The number of nitrogens with one attached hydrogen (secondary N) is 2. The lowest BCUT2D eigenvalue weighted by Crippen LogP contribution is -2.06. The van der Waals surface area contributed by atoms with Gasteiger partial charge in [0, 0.05) is 19.0 Å². The zero-order chi connectivity index (χ0) is 18.0. The summed E-state index contributed by atoms with van der Waals surface area (Å²) in [7, 11) is 1.74. The summed E-state index contributed by atoms with van der Waals surface area (Å²) >= 11 is 6.41. The van der Waals surface area contributed by atoms with E-state index < -0.39 is 11.8 Å². The number of benzene rings is 2. The lowest BCUT2D eigenvalue weighted by Gasteiger charge is -2.14. The van der Waals surface area contributed by atoms with Crippen molar-refractivity contribution in [3.05, 3.63) is 41.4 Å². The summed E-state index contributed by atoms with van der Waals surface area (Å²) in [6.07, 6.45) is 0.464. The molecule has 132 valence electrons. The molecule has 3 rings (SSSR count). The Morgan fingerprint density at radius 1 is 1.32 bits per heavy atom. The smallest absolute Gasteiger partial charge is 0.255 e. The second kappa shape index (κ2) is 6.88. The Bertz CT molecular complexity index is 799. The zero-order valence-electron chi connectivity index (χ0n) is 13.5. The van der Waals surface area contributed by atoms with Gasteiger partial charge in [0.05, 0.1) is 28.9 Å². The maximum atomic E-state index is 13.0. The average Bonchev–Trinajstić information content (AvgIpc) is 3.21. The van der Waals surface area contributed by atoms with E-state index in [2.05, 4.69) is 10.6 Å². The van der Waals surface area contributed by atoms with Gasteiger partial charge >= 0.3 is 0 Å². The standard InChI is InChI=1S/C18H17ClF2N2O2/c1-22-15-7-11(5-6-14(15)23-10-24)13-3-2-4-16(17(13)19)25-9-12-8-18(12,20)21/h2-7,10,12,22H,8-9H2,1H3,(H,23,24). The number of carbonyl (C=O) groups excluding carboxylic acids is 1. The molecule has 1 aliphatic rings. The Balaban J connectivity index is 1.85. The average molecular weight is 367 g/mol. The van der Waals surface area contributed by atoms with Crippen LogP contribution >= 0.6 is 11.6 Å². The molecule has 1 unspecified atom stereocenters. The third-order valence-corrected chi connectivity index (χ3v) is 4.56. The van der Waals surface area contributed by atoms with E-state index in [-0.39, 0.29) is 13.0 Å². The van der Waals surface area contributed by atoms with Crippen molar-refractivity contribution in [2.45, 2.75) is 12.3 Å². The molecule has 4 nitrogen and oxygen atoms in total. The topological polar surface area (TPSA) is 50.4 Å². The first kappa shape index (κ1) is 17.5. The van der Waals surface area contributed by atoms with Crippen LogP contribution in [-0.2, 0) is 4.79 Å². The van der Waals surface area contributed by atoms with Crippen molar-refractivity contribution in [3.8, 4) is 16.9 Å². The quantitative estimate of drug-likeness (QED) is 0.701. The summed E-state index contributed by atoms with van der Waals surface area (Å²) in [5.74, 6) is -2.98. The van der Waals surface area contributed by atoms with Gasteiger partial charge in [-0.1, -0.05) is 29.8 Å². The predicted molar refractivity (Wildman–Crippen MR) is 94.7 cm³/mol. The van der Waals surface area contributed by atoms with Crippen molar-refractivity contribution in [2.75, 3.05) is 24.3 Å². The molecule has 2 aromatic rings. The maximum Gasteiger partial charge on any atom is 0.255 e. The van der Waals surface area contributed by atoms with E-state index in [4.69, 9.17) is 16.3 Å². The predicted octanol–water partition coefficient (Wildman–Crippen LogP) is 4.65. The summed E-state index contributed by atoms with van der Waals surface area (Å²) in [5.41, 5.74) is 2.90. The van der Waals surface area contributed by atoms with Crippen LogP contribution in [0.25, 0.3) is 11.1 Å². The van der Waals surface area contributed by atoms with Crippen LogP contribution < -0.4 is 15.4 Å². The van der Waals surface area contributed by atoms with Crippen molar-refractivity contribution in [1.82, 2.24) is 0 Å². The summed E-state index contributed by atoms with van der Waals surface area (Å²) < 4.78 is 31.4. The molecule has 0 aliphatic heterocycles. The molecule has 1 fully saturated rings. The Hall–Kier alpha value is -2.34. The molecular weight excluding hydrogens is 350 g/mol. The molecule has 0 bridgehead atoms. The molecule has 0 saturated heterocycles. The summed E-state index contributed by atoms with van der Waals surface area (Å²) in [5, 5.41) is 5.98. The van der Waals surface area contributed by atoms with Crippen molar-refractivity contribution in [1.29, 1.82) is 0 Å². The monoisotopic (exact) mass is 366 g/mol. The van der Waals surface area contributed by atoms with E-state index in [1.807, 2.05) is 18.2 Å². The Morgan fingerprint density at radius 2 is 2.08 bits per heavy atom. The van der Waals surface area contributed by atoms with Crippen LogP contribution in [-0.4, -0.2) is 26.0 Å². The van der Waals surface area contributed by atoms with Gasteiger partial charge in [-0.05, 0) is 23.8 Å². The molecule has 1 saturated carbocycles. The number of amides is 1. The van der Waals surface area contributed by atoms with Crippen LogP contribution in [0, 0.1) is 5.92 Å². The van der Waals surface area contributed by atoms with E-state index in [1.54, 1.807) is 25.2 Å². The summed E-state index contributed by atoms with van der Waals surface area (Å²) in [4.78, 5) is 10.6. The van der Waals surface area contributed by atoms with E-state index in [9.17, 15) is 13.6 Å². The molecule has 2 N–H and O–H groups in total. The van der Waals surface area contributed by atoms with Crippen molar-refractivity contribution in [3.63, 3.8) is 0 Å². The third-order valence-electron chi connectivity index (χ3n) is 4.17. The molecule has 7 heteroatoms. The largest absolute Gasteiger partial charge is 0.491 e. The number of carbonyl (C=O) groups is 1. The number of halogens is 3. The highest BCUT2D eigenvalue weighted by Gasteiger charge is 2.57. The number of hydrogen-bond acceptors (Lipinski definition) is 3. The van der Waals surface area contributed by atoms with Gasteiger partial charge in [-0.25, -0.2) is 8.78 Å². The molecule has 1 aliphatic carbocycles. The van der Waals surface area contributed by atoms with Crippen molar-refractivity contribution >= 4 is 29.4 Å². The van der Waals surface area contributed by atoms with Gasteiger partial charge in [0.1, 0.15) is 5.75 Å². The van der Waals surface area contributed by atoms with E-state index in [1.165, 1.54) is 0 Å². The molecule has 0 heterocycles. The first-order valence-electron chi connectivity index (χ1n) is 7.77. The highest BCUT2D eigenvalue weighted by molar-refractivity contribution is 6.34. The van der Waals surface area contributed by atoms with Crippen molar-refractivity contribution in [2.24, 2.45) is 5.92 Å². The minimum atomic E-state index is -2.62. The number of ether oxygens (including phenoxy) is 1. The Kier molecular flexibility index (Phi) is 4.81. The minimum Gasteiger partial charge on any atom is -0.491 e. The van der Waals surface area contributed by atoms with Crippen molar-refractivity contribution < 1.29 is 18.3 Å². The van der Waals surface area contributed by atoms with Crippen LogP contribution in [0.2, 0.25) is 5.02 Å². The minimum absolute atomic E-state index is 0.0554. The highest BCUT2D eigenvalue weighted by Crippen LogP contribution is 2.49. The van der Waals surface area contributed by atoms with Crippen LogP contribution in [0.3, 0.4) is 0 Å². The zero-order valence-corrected chi connectivity index (χ0v) is 14.2. The fraction of sp³-hybridized carbons (Fsp3) is 0.278. The summed E-state index contributed by atoms with van der Waals surface area (Å²) in [6.45, 7) is -0.0554. The highest BCUT2D eigenvalue weighted by atomic mass is 35.5. The van der Waals surface area contributed by atoms with Gasteiger partial charge in [0.2, 0.25) is 6.41 Å². The SMILES string of the molecule is CNc1cc(-c2cccc(OCC3CC3(F)F)c2Cl)ccc1NC=O. The van der Waals surface area contributed by atoms with Gasteiger partial charge in [0.15, 0.2) is 0 Å². The second-order valence-electron chi connectivity index (χ2n) is 5.86. The molecule has 0 radical (unpaired) electrons. The lowest BCUT2D eigenvalue weighted by molar-refractivity contribution is -0.105. The molecule has 1 atom stereocenters. The number of hydrogen-bond donors (Lipinski definition) is 2. The van der Waals surface area contributed by atoms with Gasteiger partial charge < -0.3 is 15.4 Å². The first-order valence-corrected chi connectivity index (χ1v) is 8.15. The molecule has 2 aromatic carbocycles. The van der Waals surface area contributed by atoms with E-state index >= 15 is 0 Å². The Morgan fingerprint density at radius 3 is 2.72 bits per heavy atom. The number of alkyl halides is 2. The molecule has 0 spiro atoms. The molecule has 1 amide bonds. The molecular formula is C18H17ClF2N2O2. The lowest BCUT2D eigenvalue weighted by atomic mass is 10.0. The van der Waals surface area contributed by atoms with Crippen LogP contribution in [0.5, 0.6) is 5.75 Å². The van der Waals surface area contributed by atoms with Crippen LogP contribution in [0.1, 0.15) is 6.42 Å². The van der Waals surface area contributed by atoms with E-state index in [0.29, 0.717) is 22.9 Å². The normalized spacial score (nSPS) is 17.7. The fourth-order valence-corrected chi connectivity index (χ4v) is 2.88. The van der Waals surface area contributed by atoms with Gasteiger partial charge in [-0.2, -0.15) is 0 Å². The van der Waals surface area contributed by atoms with Gasteiger partial charge in [0.25, 0.3) is 5.92 Å². The van der Waals surface area contributed by atoms with Crippen LogP contribution in [0.4, 0.5) is 20.2 Å².